The summed E-state index contributed by atoms with van der Waals surface area (Å²) in [6, 6.07) is 0.489. The zero-order valence-electron chi connectivity index (χ0n) is 11.6. The van der Waals surface area contributed by atoms with Crippen LogP contribution in [0.1, 0.15) is 40.5 Å². The average molecular weight is 241 g/mol. The number of likely N-dealkylation sites (tertiary alicyclic amines) is 1. The highest BCUT2D eigenvalue weighted by molar-refractivity contribution is 5.78. The Kier molecular flexibility index (Phi) is 4.95. The van der Waals surface area contributed by atoms with Crippen molar-refractivity contribution in [3.8, 4) is 0 Å². The largest absolute Gasteiger partial charge is 0.350 e. The smallest absolute Gasteiger partial charge is 0.234 e. The van der Waals surface area contributed by atoms with E-state index in [1.54, 1.807) is 0 Å². The summed E-state index contributed by atoms with van der Waals surface area (Å²) >= 11 is 0. The van der Waals surface area contributed by atoms with E-state index in [0.717, 1.165) is 19.5 Å². The molecule has 1 saturated heterocycles. The third-order valence-corrected chi connectivity index (χ3v) is 3.30. The van der Waals surface area contributed by atoms with Gasteiger partial charge in [-0.15, -0.1) is 0 Å². The molecule has 0 saturated carbocycles. The van der Waals surface area contributed by atoms with Gasteiger partial charge in [-0.05, 0) is 53.0 Å². The van der Waals surface area contributed by atoms with E-state index in [-0.39, 0.29) is 11.4 Å². The van der Waals surface area contributed by atoms with Crippen LogP contribution in [0.25, 0.3) is 0 Å². The van der Waals surface area contributed by atoms with Gasteiger partial charge in [-0.3, -0.25) is 9.69 Å². The van der Waals surface area contributed by atoms with Crippen molar-refractivity contribution in [2.75, 3.05) is 19.6 Å². The van der Waals surface area contributed by atoms with E-state index in [4.69, 9.17) is 5.73 Å². The number of carbonyl (C=O) groups excluding carboxylic acids is 1. The van der Waals surface area contributed by atoms with Gasteiger partial charge in [0.05, 0.1) is 6.54 Å². The Morgan fingerprint density at radius 3 is 2.59 bits per heavy atom. The quantitative estimate of drug-likeness (QED) is 0.774. The second-order valence-electron chi connectivity index (χ2n) is 6.26. The molecule has 0 spiro atoms. The summed E-state index contributed by atoms with van der Waals surface area (Å²) < 4.78 is 0. The summed E-state index contributed by atoms with van der Waals surface area (Å²) in [6.45, 7) is 10.4. The van der Waals surface area contributed by atoms with E-state index in [9.17, 15) is 4.79 Å². The average Bonchev–Trinajstić information content (AvgIpc) is 2.18. The third kappa shape index (κ3) is 5.04. The van der Waals surface area contributed by atoms with Gasteiger partial charge in [0, 0.05) is 18.1 Å². The molecule has 0 aliphatic carbocycles. The minimum Gasteiger partial charge on any atom is -0.350 e. The van der Waals surface area contributed by atoms with Crippen molar-refractivity contribution in [2.45, 2.75) is 52.1 Å². The van der Waals surface area contributed by atoms with Crippen molar-refractivity contribution in [3.63, 3.8) is 0 Å². The van der Waals surface area contributed by atoms with Gasteiger partial charge in [0.25, 0.3) is 0 Å². The Morgan fingerprint density at radius 1 is 1.41 bits per heavy atom. The first-order valence-corrected chi connectivity index (χ1v) is 6.57. The molecule has 2 atom stereocenters. The molecule has 1 fully saturated rings. The lowest BCUT2D eigenvalue weighted by molar-refractivity contribution is -0.124. The summed E-state index contributed by atoms with van der Waals surface area (Å²) in [4.78, 5) is 14.1. The second-order valence-corrected chi connectivity index (χ2v) is 6.26. The Bertz CT molecular complexity index is 260. The van der Waals surface area contributed by atoms with Gasteiger partial charge in [-0.2, -0.15) is 0 Å². The van der Waals surface area contributed by atoms with E-state index in [1.165, 1.54) is 6.42 Å². The monoisotopic (exact) mass is 241 g/mol. The number of rotatable bonds is 3. The SMILES string of the molecule is CC1CCC(CN)CN1CC(=O)NC(C)(C)C. The zero-order valence-corrected chi connectivity index (χ0v) is 11.6. The maximum atomic E-state index is 11.9. The molecule has 3 N–H and O–H groups in total. The summed E-state index contributed by atoms with van der Waals surface area (Å²) in [6.07, 6.45) is 2.33. The van der Waals surface area contributed by atoms with Crippen LogP contribution in [-0.4, -0.2) is 42.0 Å². The Hall–Kier alpha value is -0.610. The minimum absolute atomic E-state index is 0.113. The van der Waals surface area contributed by atoms with Crippen molar-refractivity contribution in [3.05, 3.63) is 0 Å². The first kappa shape index (κ1) is 14.5. The van der Waals surface area contributed by atoms with Crippen molar-refractivity contribution in [2.24, 2.45) is 11.7 Å². The standard InChI is InChI=1S/C13H27N3O/c1-10-5-6-11(7-14)8-16(10)9-12(17)15-13(2,3)4/h10-11H,5-9,14H2,1-4H3,(H,15,17). The lowest BCUT2D eigenvalue weighted by Gasteiger charge is -2.37. The number of nitrogens with two attached hydrogens (primary N) is 1. The topological polar surface area (TPSA) is 58.4 Å². The molecule has 2 unspecified atom stereocenters. The Balaban J connectivity index is 2.46. The highest BCUT2D eigenvalue weighted by atomic mass is 16.2. The van der Waals surface area contributed by atoms with Gasteiger partial charge in [-0.1, -0.05) is 0 Å². The molecule has 4 nitrogen and oxygen atoms in total. The van der Waals surface area contributed by atoms with Crippen molar-refractivity contribution >= 4 is 5.91 Å². The Morgan fingerprint density at radius 2 is 2.06 bits per heavy atom. The van der Waals surface area contributed by atoms with Crippen LogP contribution >= 0.6 is 0 Å². The van der Waals surface area contributed by atoms with Crippen LogP contribution in [-0.2, 0) is 4.79 Å². The van der Waals surface area contributed by atoms with Crippen LogP contribution in [0.3, 0.4) is 0 Å². The minimum atomic E-state index is -0.149. The fourth-order valence-electron chi connectivity index (χ4n) is 2.32. The Labute approximate surface area is 105 Å². The predicted octanol–water partition coefficient (Wildman–Crippen LogP) is 0.960. The third-order valence-electron chi connectivity index (χ3n) is 3.30. The first-order valence-electron chi connectivity index (χ1n) is 6.57. The molecular weight excluding hydrogens is 214 g/mol. The lowest BCUT2D eigenvalue weighted by Crippen LogP contribution is -2.51. The van der Waals surface area contributed by atoms with Crippen molar-refractivity contribution < 1.29 is 4.79 Å². The summed E-state index contributed by atoms with van der Waals surface area (Å²) in [5, 5.41) is 3.01. The number of piperidine rings is 1. The number of amides is 1. The van der Waals surface area contributed by atoms with Gasteiger partial charge in [-0.25, -0.2) is 0 Å². The second kappa shape index (κ2) is 5.83. The summed E-state index contributed by atoms with van der Waals surface area (Å²) in [5.41, 5.74) is 5.57. The highest BCUT2D eigenvalue weighted by Gasteiger charge is 2.26. The molecule has 0 radical (unpaired) electrons. The molecule has 0 bridgehead atoms. The number of nitrogens with zero attached hydrogens (tertiary/aromatic N) is 1. The maximum Gasteiger partial charge on any atom is 0.234 e. The van der Waals surface area contributed by atoms with Crippen LogP contribution in [0.4, 0.5) is 0 Å². The molecular formula is C13H27N3O. The summed E-state index contributed by atoms with van der Waals surface area (Å²) in [7, 11) is 0. The van der Waals surface area contributed by atoms with Gasteiger partial charge in [0.1, 0.15) is 0 Å². The van der Waals surface area contributed by atoms with Crippen LogP contribution in [0.2, 0.25) is 0 Å². The van der Waals surface area contributed by atoms with Crippen LogP contribution in [0.5, 0.6) is 0 Å². The molecule has 4 heteroatoms. The number of hydrogen-bond acceptors (Lipinski definition) is 3. The number of nitrogens with one attached hydrogen (secondary N) is 1. The fraction of sp³-hybridized carbons (Fsp3) is 0.923. The van der Waals surface area contributed by atoms with E-state index >= 15 is 0 Å². The highest BCUT2D eigenvalue weighted by Crippen LogP contribution is 2.20. The lowest BCUT2D eigenvalue weighted by atomic mass is 9.93. The van der Waals surface area contributed by atoms with E-state index in [1.807, 2.05) is 20.8 Å². The normalized spacial score (nSPS) is 26.9. The van der Waals surface area contributed by atoms with Crippen molar-refractivity contribution in [1.29, 1.82) is 0 Å². The molecule has 17 heavy (non-hydrogen) atoms. The van der Waals surface area contributed by atoms with Crippen LogP contribution < -0.4 is 11.1 Å². The number of hydrogen-bond donors (Lipinski definition) is 2. The van der Waals surface area contributed by atoms with Gasteiger partial charge in [0.15, 0.2) is 0 Å². The molecule has 1 amide bonds. The van der Waals surface area contributed by atoms with Gasteiger partial charge >= 0.3 is 0 Å². The molecule has 0 aromatic rings. The first-order chi connectivity index (χ1) is 7.81. The fourth-order valence-corrected chi connectivity index (χ4v) is 2.32. The van der Waals surface area contributed by atoms with Gasteiger partial charge in [0.2, 0.25) is 5.91 Å². The zero-order chi connectivity index (χ0) is 13.1. The van der Waals surface area contributed by atoms with Crippen LogP contribution in [0.15, 0.2) is 0 Å². The molecule has 1 heterocycles. The predicted molar refractivity (Wildman–Crippen MR) is 70.7 cm³/mol. The summed E-state index contributed by atoms with van der Waals surface area (Å²) in [5.74, 6) is 0.663. The molecule has 0 aromatic carbocycles. The van der Waals surface area contributed by atoms with Crippen LogP contribution in [0, 0.1) is 5.92 Å². The van der Waals surface area contributed by atoms with E-state index in [0.29, 0.717) is 18.5 Å². The number of carbonyl (C=O) groups is 1. The van der Waals surface area contributed by atoms with E-state index in [2.05, 4.69) is 17.1 Å². The maximum absolute atomic E-state index is 11.9. The van der Waals surface area contributed by atoms with Crippen molar-refractivity contribution in [1.82, 2.24) is 10.2 Å². The van der Waals surface area contributed by atoms with Gasteiger partial charge < -0.3 is 11.1 Å². The molecule has 1 aliphatic rings. The molecule has 0 aromatic heterocycles. The van der Waals surface area contributed by atoms with E-state index < -0.39 is 0 Å². The molecule has 100 valence electrons. The molecule has 1 aliphatic heterocycles. The molecule has 1 rings (SSSR count).